The molecule has 5 heteroatoms. The van der Waals surface area contributed by atoms with Crippen LogP contribution in [0.3, 0.4) is 0 Å². The van der Waals surface area contributed by atoms with Gasteiger partial charge in [-0.1, -0.05) is 28.1 Å². The molecule has 106 valence electrons. The Labute approximate surface area is 129 Å². The number of fused-ring (bicyclic) bond motifs is 1. The Morgan fingerprint density at radius 3 is 2.86 bits per heavy atom. The number of aromatic nitrogens is 1. The van der Waals surface area contributed by atoms with Crippen molar-refractivity contribution in [2.45, 2.75) is 6.61 Å². The van der Waals surface area contributed by atoms with Crippen molar-refractivity contribution in [2.24, 2.45) is 0 Å². The third-order valence-corrected chi connectivity index (χ3v) is 3.60. The fourth-order valence-electron chi connectivity index (χ4n) is 2.13. The van der Waals surface area contributed by atoms with Crippen molar-refractivity contribution < 1.29 is 9.13 Å². The van der Waals surface area contributed by atoms with E-state index >= 15 is 0 Å². The second kappa shape index (κ2) is 5.69. The van der Waals surface area contributed by atoms with Gasteiger partial charge in [0.2, 0.25) is 0 Å². The highest BCUT2D eigenvalue weighted by Crippen LogP contribution is 2.32. The summed E-state index contributed by atoms with van der Waals surface area (Å²) in [6.45, 7) is 0.256. The Bertz CT molecular complexity index is 807. The van der Waals surface area contributed by atoms with E-state index in [0.29, 0.717) is 16.6 Å². The fraction of sp³-hybridized carbons (Fsp3) is 0.0625. The molecule has 0 amide bonds. The van der Waals surface area contributed by atoms with Gasteiger partial charge in [-0.15, -0.1) is 0 Å². The molecule has 3 rings (SSSR count). The Balaban J connectivity index is 1.97. The SMILES string of the molecule is Nc1cc(F)c(OCc2cccc(Br)c2)c2ncccc12. The maximum Gasteiger partial charge on any atom is 0.181 e. The molecule has 0 aliphatic rings. The molecule has 0 aliphatic heterocycles. The number of anilines is 1. The molecule has 3 nitrogen and oxygen atoms in total. The number of halogens is 2. The Kier molecular flexibility index (Phi) is 3.75. The van der Waals surface area contributed by atoms with Crippen molar-refractivity contribution in [1.82, 2.24) is 4.98 Å². The lowest BCUT2D eigenvalue weighted by Gasteiger charge is -2.11. The molecule has 0 spiro atoms. The highest BCUT2D eigenvalue weighted by Gasteiger charge is 2.13. The molecule has 21 heavy (non-hydrogen) atoms. The zero-order chi connectivity index (χ0) is 14.8. The fourth-order valence-corrected chi connectivity index (χ4v) is 2.58. The Morgan fingerprint density at radius 2 is 2.05 bits per heavy atom. The third-order valence-electron chi connectivity index (χ3n) is 3.11. The first-order chi connectivity index (χ1) is 10.1. The van der Waals surface area contributed by atoms with Crippen LogP contribution in [0.5, 0.6) is 5.75 Å². The predicted octanol–water partition coefficient (Wildman–Crippen LogP) is 4.30. The van der Waals surface area contributed by atoms with Crippen LogP contribution in [-0.4, -0.2) is 4.98 Å². The van der Waals surface area contributed by atoms with E-state index in [-0.39, 0.29) is 12.4 Å². The number of nitrogens with zero attached hydrogens (tertiary/aromatic N) is 1. The van der Waals surface area contributed by atoms with Crippen molar-refractivity contribution >= 4 is 32.5 Å². The summed E-state index contributed by atoms with van der Waals surface area (Å²) in [5.74, 6) is -0.381. The van der Waals surface area contributed by atoms with Crippen LogP contribution in [0.2, 0.25) is 0 Å². The zero-order valence-electron chi connectivity index (χ0n) is 11.0. The van der Waals surface area contributed by atoms with Crippen molar-refractivity contribution in [3.63, 3.8) is 0 Å². The second-order valence-electron chi connectivity index (χ2n) is 4.59. The molecule has 0 atom stereocenters. The molecule has 0 unspecified atom stereocenters. The van der Waals surface area contributed by atoms with E-state index in [4.69, 9.17) is 10.5 Å². The molecule has 0 aliphatic carbocycles. The Hall–Kier alpha value is -2.14. The quantitative estimate of drug-likeness (QED) is 0.719. The summed E-state index contributed by atoms with van der Waals surface area (Å²) in [5, 5.41) is 0.683. The predicted molar refractivity (Wildman–Crippen MR) is 84.6 cm³/mol. The Morgan fingerprint density at radius 1 is 1.19 bits per heavy atom. The molecular weight excluding hydrogens is 335 g/mol. The van der Waals surface area contributed by atoms with Gasteiger partial charge < -0.3 is 10.5 Å². The number of hydrogen-bond donors (Lipinski definition) is 1. The van der Waals surface area contributed by atoms with Crippen molar-refractivity contribution in [2.75, 3.05) is 5.73 Å². The largest absolute Gasteiger partial charge is 0.484 e. The molecule has 0 bridgehead atoms. The number of ether oxygens (including phenoxy) is 1. The maximum atomic E-state index is 14.1. The summed E-state index contributed by atoms with van der Waals surface area (Å²) in [6.07, 6.45) is 1.59. The molecule has 2 aromatic carbocycles. The van der Waals surface area contributed by atoms with Gasteiger partial charge in [0.1, 0.15) is 12.1 Å². The molecule has 1 aromatic heterocycles. The van der Waals surface area contributed by atoms with Gasteiger partial charge in [-0.05, 0) is 29.8 Å². The number of hydrogen-bond acceptors (Lipinski definition) is 3. The van der Waals surface area contributed by atoms with Crippen molar-refractivity contribution in [3.8, 4) is 5.75 Å². The lowest BCUT2D eigenvalue weighted by atomic mass is 10.1. The molecule has 1 heterocycles. The topological polar surface area (TPSA) is 48.1 Å². The van der Waals surface area contributed by atoms with Crippen LogP contribution in [0.1, 0.15) is 5.56 Å². The highest BCUT2D eigenvalue weighted by atomic mass is 79.9. The van der Waals surface area contributed by atoms with Gasteiger partial charge in [0.15, 0.2) is 11.6 Å². The van der Waals surface area contributed by atoms with Crippen LogP contribution in [0.15, 0.2) is 53.1 Å². The molecule has 2 N–H and O–H groups in total. The van der Waals surface area contributed by atoms with Crippen LogP contribution in [0.4, 0.5) is 10.1 Å². The first-order valence-corrected chi connectivity index (χ1v) is 7.14. The summed E-state index contributed by atoms with van der Waals surface area (Å²) < 4.78 is 20.7. The van der Waals surface area contributed by atoms with Crippen LogP contribution in [0, 0.1) is 5.82 Å². The highest BCUT2D eigenvalue weighted by molar-refractivity contribution is 9.10. The second-order valence-corrected chi connectivity index (χ2v) is 5.51. The van der Waals surface area contributed by atoms with Gasteiger partial charge in [-0.2, -0.15) is 0 Å². The van der Waals surface area contributed by atoms with Crippen molar-refractivity contribution in [3.05, 3.63) is 64.5 Å². The summed E-state index contributed by atoms with van der Waals surface area (Å²) in [6, 6.07) is 12.5. The number of rotatable bonds is 3. The number of benzene rings is 2. The smallest absolute Gasteiger partial charge is 0.181 e. The minimum Gasteiger partial charge on any atom is -0.484 e. The molecule has 0 fully saturated rings. The minimum absolute atomic E-state index is 0.125. The number of nitrogens with two attached hydrogens (primary N) is 1. The van der Waals surface area contributed by atoms with E-state index in [2.05, 4.69) is 20.9 Å². The lowest BCUT2D eigenvalue weighted by molar-refractivity contribution is 0.294. The summed E-state index contributed by atoms with van der Waals surface area (Å²) >= 11 is 3.39. The van der Waals surface area contributed by atoms with Gasteiger partial charge in [0, 0.05) is 27.8 Å². The molecule has 3 aromatic rings. The maximum absolute atomic E-state index is 14.1. The van der Waals surface area contributed by atoms with E-state index in [1.807, 2.05) is 24.3 Å². The summed E-state index contributed by atoms with van der Waals surface area (Å²) in [4.78, 5) is 4.18. The van der Waals surface area contributed by atoms with Crippen LogP contribution >= 0.6 is 15.9 Å². The van der Waals surface area contributed by atoms with Gasteiger partial charge in [0.05, 0.1) is 0 Å². The third kappa shape index (κ3) is 2.83. The van der Waals surface area contributed by atoms with E-state index in [9.17, 15) is 4.39 Å². The van der Waals surface area contributed by atoms with E-state index < -0.39 is 5.82 Å². The van der Waals surface area contributed by atoms with Crippen molar-refractivity contribution in [1.29, 1.82) is 0 Å². The van der Waals surface area contributed by atoms with Crippen LogP contribution in [-0.2, 0) is 6.61 Å². The standard InChI is InChI=1S/C16H12BrFN2O/c17-11-4-1-3-10(7-11)9-21-16-13(18)8-14(19)12-5-2-6-20-15(12)16/h1-8H,9,19H2. The van der Waals surface area contributed by atoms with Crippen LogP contribution in [0.25, 0.3) is 10.9 Å². The molecule has 0 radical (unpaired) electrons. The van der Waals surface area contributed by atoms with E-state index in [0.717, 1.165) is 10.0 Å². The minimum atomic E-state index is -0.506. The normalized spacial score (nSPS) is 10.8. The van der Waals surface area contributed by atoms with Gasteiger partial charge >= 0.3 is 0 Å². The molecular formula is C16H12BrFN2O. The van der Waals surface area contributed by atoms with E-state index in [1.54, 1.807) is 18.3 Å². The average Bonchev–Trinajstić information content (AvgIpc) is 2.47. The zero-order valence-corrected chi connectivity index (χ0v) is 12.6. The summed E-state index contributed by atoms with van der Waals surface area (Å²) in [7, 11) is 0. The monoisotopic (exact) mass is 346 g/mol. The lowest BCUT2D eigenvalue weighted by Crippen LogP contribution is -2.01. The summed E-state index contributed by atoms with van der Waals surface area (Å²) in [5.41, 5.74) is 7.53. The first-order valence-electron chi connectivity index (χ1n) is 6.35. The molecule has 0 saturated heterocycles. The number of nitrogen functional groups attached to an aromatic ring is 1. The molecule has 0 saturated carbocycles. The van der Waals surface area contributed by atoms with Crippen LogP contribution < -0.4 is 10.5 Å². The van der Waals surface area contributed by atoms with E-state index in [1.165, 1.54) is 6.07 Å². The number of pyridine rings is 1. The first kappa shape index (κ1) is 13.8. The van der Waals surface area contributed by atoms with Gasteiger partial charge in [0.25, 0.3) is 0 Å². The average molecular weight is 347 g/mol. The van der Waals surface area contributed by atoms with Gasteiger partial charge in [-0.3, -0.25) is 4.98 Å². The van der Waals surface area contributed by atoms with Gasteiger partial charge in [-0.25, -0.2) is 4.39 Å².